The fraction of sp³-hybridized carbons (Fsp3) is 0.867. The molecule has 1 saturated heterocycles. The molecule has 1 saturated carbocycles. The van der Waals surface area contributed by atoms with E-state index >= 15 is 0 Å². The molecular formula is C15H26N2O2. The number of likely N-dealkylation sites (tertiary alicyclic amines) is 1. The van der Waals surface area contributed by atoms with Gasteiger partial charge in [-0.15, -0.1) is 0 Å². The maximum absolute atomic E-state index is 12.7. The molecule has 2 fully saturated rings. The van der Waals surface area contributed by atoms with Gasteiger partial charge in [0.2, 0.25) is 5.91 Å². The molecule has 19 heavy (non-hydrogen) atoms. The summed E-state index contributed by atoms with van der Waals surface area (Å²) in [4.78, 5) is 26.2. The second kappa shape index (κ2) is 6.51. The normalized spacial score (nSPS) is 26.4. The third-order valence-electron chi connectivity index (χ3n) is 4.70. The molecule has 0 aromatic heterocycles. The van der Waals surface area contributed by atoms with Crippen molar-refractivity contribution < 1.29 is 9.59 Å². The quantitative estimate of drug-likeness (QED) is 0.843. The molecule has 0 bridgehead atoms. The summed E-state index contributed by atoms with van der Waals surface area (Å²) in [6.07, 6.45) is 7.81. The third-order valence-corrected chi connectivity index (χ3v) is 4.70. The van der Waals surface area contributed by atoms with Gasteiger partial charge in [0.05, 0.1) is 12.1 Å². The summed E-state index contributed by atoms with van der Waals surface area (Å²) < 4.78 is 0. The number of carbonyl (C=O) groups is 2. The smallest absolute Gasteiger partial charge is 0.240 e. The van der Waals surface area contributed by atoms with Gasteiger partial charge in [-0.3, -0.25) is 9.59 Å². The van der Waals surface area contributed by atoms with E-state index in [4.69, 9.17) is 0 Å². The second-order valence-corrected chi connectivity index (χ2v) is 5.96. The Morgan fingerprint density at radius 1 is 1.11 bits per heavy atom. The SMILES string of the molecule is CN[C@H](C(=O)N1CCC[C@H]1C(C)=O)C1CCCCC1. The summed E-state index contributed by atoms with van der Waals surface area (Å²) >= 11 is 0. The van der Waals surface area contributed by atoms with Crippen LogP contribution in [0.1, 0.15) is 51.9 Å². The van der Waals surface area contributed by atoms with Gasteiger partial charge in [0.1, 0.15) is 0 Å². The fourth-order valence-electron chi connectivity index (χ4n) is 3.66. The summed E-state index contributed by atoms with van der Waals surface area (Å²) in [5.74, 6) is 0.718. The van der Waals surface area contributed by atoms with Crippen molar-refractivity contribution in [3.8, 4) is 0 Å². The molecule has 2 rings (SSSR count). The van der Waals surface area contributed by atoms with Crippen LogP contribution in [0, 0.1) is 5.92 Å². The van der Waals surface area contributed by atoms with Crippen LogP contribution in [0.25, 0.3) is 0 Å². The standard InChI is InChI=1S/C15H26N2O2/c1-11(18)13-9-6-10-17(13)15(19)14(16-2)12-7-4-3-5-8-12/h12-14,16H,3-10H2,1-2H3/t13-,14-/m0/s1. The predicted molar refractivity (Wildman–Crippen MR) is 74.8 cm³/mol. The lowest BCUT2D eigenvalue weighted by atomic mass is 9.83. The molecule has 4 heteroatoms. The molecule has 2 atom stereocenters. The molecule has 1 N–H and O–H groups in total. The van der Waals surface area contributed by atoms with Crippen molar-refractivity contribution in [2.45, 2.75) is 64.0 Å². The largest absolute Gasteiger partial charge is 0.331 e. The Bertz CT molecular complexity index is 337. The van der Waals surface area contributed by atoms with Gasteiger partial charge in [-0.1, -0.05) is 19.3 Å². The zero-order valence-electron chi connectivity index (χ0n) is 12.2. The molecule has 1 heterocycles. The number of Topliss-reactive ketones (excluding diaryl/α,β-unsaturated/α-hetero) is 1. The van der Waals surface area contributed by atoms with E-state index in [1.807, 2.05) is 11.9 Å². The molecule has 0 aromatic carbocycles. The first-order valence-electron chi connectivity index (χ1n) is 7.63. The summed E-state index contributed by atoms with van der Waals surface area (Å²) in [5, 5.41) is 3.21. The number of amides is 1. The maximum Gasteiger partial charge on any atom is 0.240 e. The van der Waals surface area contributed by atoms with Crippen molar-refractivity contribution >= 4 is 11.7 Å². The molecular weight excluding hydrogens is 240 g/mol. The summed E-state index contributed by atoms with van der Waals surface area (Å²) in [5.41, 5.74) is 0. The molecule has 0 spiro atoms. The van der Waals surface area contributed by atoms with Crippen molar-refractivity contribution in [2.75, 3.05) is 13.6 Å². The zero-order valence-corrected chi connectivity index (χ0v) is 12.2. The van der Waals surface area contributed by atoms with Gasteiger partial charge >= 0.3 is 0 Å². The van der Waals surface area contributed by atoms with Crippen molar-refractivity contribution in [1.82, 2.24) is 10.2 Å². The van der Waals surface area contributed by atoms with Gasteiger partial charge in [-0.2, -0.15) is 0 Å². The van der Waals surface area contributed by atoms with Crippen LogP contribution in [-0.2, 0) is 9.59 Å². The number of nitrogens with one attached hydrogen (secondary N) is 1. The highest BCUT2D eigenvalue weighted by molar-refractivity contribution is 5.90. The average molecular weight is 266 g/mol. The van der Waals surface area contributed by atoms with Gasteiger partial charge in [-0.05, 0) is 45.6 Å². The summed E-state index contributed by atoms with van der Waals surface area (Å²) in [6.45, 7) is 2.35. The van der Waals surface area contributed by atoms with Crippen LogP contribution in [-0.4, -0.2) is 42.3 Å². The van der Waals surface area contributed by atoms with Crippen LogP contribution < -0.4 is 5.32 Å². The van der Waals surface area contributed by atoms with Gasteiger partial charge in [0, 0.05) is 6.54 Å². The van der Waals surface area contributed by atoms with E-state index in [0.717, 1.165) is 32.2 Å². The number of carbonyl (C=O) groups excluding carboxylic acids is 2. The van der Waals surface area contributed by atoms with Crippen LogP contribution in [0.4, 0.5) is 0 Å². The number of rotatable bonds is 4. The van der Waals surface area contributed by atoms with Gasteiger partial charge in [0.25, 0.3) is 0 Å². The lowest BCUT2D eigenvalue weighted by molar-refractivity contribution is -0.140. The molecule has 0 unspecified atom stereocenters. The Kier molecular flexibility index (Phi) is 4.97. The predicted octanol–water partition coefficient (Wildman–Crippen LogP) is 1.73. The van der Waals surface area contributed by atoms with Crippen molar-refractivity contribution in [3.05, 3.63) is 0 Å². The van der Waals surface area contributed by atoms with Crippen molar-refractivity contribution in [1.29, 1.82) is 0 Å². The van der Waals surface area contributed by atoms with E-state index in [1.54, 1.807) is 6.92 Å². The molecule has 4 nitrogen and oxygen atoms in total. The highest BCUT2D eigenvalue weighted by atomic mass is 16.2. The van der Waals surface area contributed by atoms with E-state index in [2.05, 4.69) is 5.32 Å². The Balaban J connectivity index is 2.05. The Morgan fingerprint density at radius 2 is 1.79 bits per heavy atom. The average Bonchev–Trinajstić information content (AvgIpc) is 2.90. The summed E-state index contributed by atoms with van der Waals surface area (Å²) in [7, 11) is 1.87. The van der Waals surface area contributed by atoms with Gasteiger partial charge in [0.15, 0.2) is 5.78 Å². The van der Waals surface area contributed by atoms with Crippen LogP contribution >= 0.6 is 0 Å². The van der Waals surface area contributed by atoms with E-state index in [9.17, 15) is 9.59 Å². The minimum absolute atomic E-state index is 0.0970. The van der Waals surface area contributed by atoms with Crippen LogP contribution in [0.5, 0.6) is 0 Å². The minimum Gasteiger partial charge on any atom is -0.331 e. The van der Waals surface area contributed by atoms with E-state index < -0.39 is 0 Å². The third kappa shape index (κ3) is 3.16. The molecule has 2 aliphatic rings. The first-order valence-corrected chi connectivity index (χ1v) is 7.63. The molecule has 0 aromatic rings. The number of hydrogen-bond acceptors (Lipinski definition) is 3. The van der Waals surface area contributed by atoms with Crippen molar-refractivity contribution in [3.63, 3.8) is 0 Å². The molecule has 108 valence electrons. The van der Waals surface area contributed by atoms with Gasteiger partial charge < -0.3 is 10.2 Å². The molecule has 1 amide bonds. The highest BCUT2D eigenvalue weighted by Gasteiger charge is 2.37. The number of likely N-dealkylation sites (N-methyl/N-ethyl adjacent to an activating group) is 1. The highest BCUT2D eigenvalue weighted by Crippen LogP contribution is 2.29. The van der Waals surface area contributed by atoms with Crippen molar-refractivity contribution in [2.24, 2.45) is 5.92 Å². The zero-order chi connectivity index (χ0) is 13.8. The second-order valence-electron chi connectivity index (χ2n) is 5.96. The lowest BCUT2D eigenvalue weighted by Crippen LogP contribution is -2.52. The van der Waals surface area contributed by atoms with Crippen LogP contribution in [0.3, 0.4) is 0 Å². The maximum atomic E-state index is 12.7. The first kappa shape index (κ1) is 14.5. The van der Waals surface area contributed by atoms with Crippen LogP contribution in [0.15, 0.2) is 0 Å². The van der Waals surface area contributed by atoms with E-state index in [-0.39, 0.29) is 23.8 Å². The van der Waals surface area contributed by atoms with Crippen LogP contribution in [0.2, 0.25) is 0 Å². The summed E-state index contributed by atoms with van der Waals surface area (Å²) in [6, 6.07) is -0.271. The molecule has 1 aliphatic heterocycles. The number of nitrogens with zero attached hydrogens (tertiary/aromatic N) is 1. The number of hydrogen-bond donors (Lipinski definition) is 1. The minimum atomic E-state index is -0.174. The van der Waals surface area contributed by atoms with E-state index in [1.165, 1.54) is 19.3 Å². The Morgan fingerprint density at radius 3 is 2.37 bits per heavy atom. The Labute approximate surface area is 115 Å². The molecule has 1 aliphatic carbocycles. The lowest BCUT2D eigenvalue weighted by Gasteiger charge is -2.33. The molecule has 0 radical (unpaired) electrons. The topological polar surface area (TPSA) is 49.4 Å². The van der Waals surface area contributed by atoms with Gasteiger partial charge in [-0.25, -0.2) is 0 Å². The van der Waals surface area contributed by atoms with E-state index in [0.29, 0.717) is 5.92 Å². The number of ketones is 1. The monoisotopic (exact) mass is 266 g/mol. The fourth-order valence-corrected chi connectivity index (χ4v) is 3.66. The Hall–Kier alpha value is -0.900. The first-order chi connectivity index (χ1) is 9.15.